The number of halogens is 1. The number of rotatable bonds is 1. The largest absolute Gasteiger partial charge is 0.336 e. The van der Waals surface area contributed by atoms with E-state index in [9.17, 15) is 13.2 Å². The number of carbonyl (C=O) groups excluding carboxylic acids is 1. The van der Waals surface area contributed by atoms with Crippen LogP contribution in [0.5, 0.6) is 0 Å². The van der Waals surface area contributed by atoms with Crippen LogP contribution >= 0.6 is 11.6 Å². The molecule has 1 aliphatic heterocycles. The minimum absolute atomic E-state index is 0.0523. The van der Waals surface area contributed by atoms with Gasteiger partial charge in [0.05, 0.1) is 11.0 Å². The van der Waals surface area contributed by atoms with Crippen molar-refractivity contribution in [1.29, 1.82) is 0 Å². The Morgan fingerprint density at radius 1 is 1.31 bits per heavy atom. The summed E-state index contributed by atoms with van der Waals surface area (Å²) in [6.45, 7) is 0.315. The molecule has 1 saturated heterocycles. The number of amides is 1. The Morgan fingerprint density at radius 3 is 2.69 bits per heavy atom. The van der Waals surface area contributed by atoms with E-state index in [1.54, 1.807) is 4.90 Å². The molecule has 2 atom stereocenters. The summed E-state index contributed by atoms with van der Waals surface area (Å²) in [5.74, 6) is -0.0893. The Bertz CT molecular complexity index is 382. The Morgan fingerprint density at radius 2 is 2.00 bits per heavy atom. The number of alkyl halides is 1. The molecular weight excluding hydrogens is 250 g/mol. The first-order valence-electron chi connectivity index (χ1n) is 5.63. The summed E-state index contributed by atoms with van der Waals surface area (Å²) in [6.07, 6.45) is 3.44. The number of hydrogen-bond donors (Lipinski definition) is 0. The average molecular weight is 266 g/mol. The third-order valence-corrected chi connectivity index (χ3v) is 6.03. The zero-order chi connectivity index (χ0) is 11.8. The second-order valence-electron chi connectivity index (χ2n) is 4.48. The monoisotopic (exact) mass is 265 g/mol. The highest BCUT2D eigenvalue weighted by Gasteiger charge is 2.43. The molecule has 6 heteroatoms. The first-order valence-corrected chi connectivity index (χ1v) is 7.88. The second-order valence-corrected chi connectivity index (χ2v) is 7.08. The SMILES string of the molecule is O=C(CCl)N1CCS(=O)(=O)C2CCCCC21. The van der Waals surface area contributed by atoms with Gasteiger partial charge in [-0.25, -0.2) is 8.42 Å². The Balaban J connectivity index is 2.24. The molecule has 0 spiro atoms. The fourth-order valence-corrected chi connectivity index (χ4v) is 4.98. The van der Waals surface area contributed by atoms with E-state index in [1.165, 1.54) is 0 Å². The van der Waals surface area contributed by atoms with Gasteiger partial charge in [0.15, 0.2) is 9.84 Å². The van der Waals surface area contributed by atoms with Crippen molar-refractivity contribution in [3.8, 4) is 0 Å². The number of fused-ring (bicyclic) bond motifs is 1. The number of carbonyl (C=O) groups is 1. The molecule has 0 radical (unpaired) electrons. The summed E-state index contributed by atoms with van der Waals surface area (Å²) >= 11 is 5.55. The van der Waals surface area contributed by atoms with Gasteiger partial charge in [0.2, 0.25) is 5.91 Å². The van der Waals surface area contributed by atoms with Crippen molar-refractivity contribution in [2.45, 2.75) is 37.0 Å². The minimum Gasteiger partial charge on any atom is -0.336 e. The highest BCUT2D eigenvalue weighted by atomic mass is 35.5. The molecule has 92 valence electrons. The summed E-state index contributed by atoms with van der Waals surface area (Å²) in [5, 5.41) is -0.345. The van der Waals surface area contributed by atoms with E-state index in [2.05, 4.69) is 0 Å². The summed E-state index contributed by atoms with van der Waals surface area (Å²) < 4.78 is 23.8. The van der Waals surface area contributed by atoms with Gasteiger partial charge in [0.25, 0.3) is 0 Å². The third-order valence-electron chi connectivity index (χ3n) is 3.58. The smallest absolute Gasteiger partial charge is 0.237 e. The maximum Gasteiger partial charge on any atom is 0.237 e. The minimum atomic E-state index is -3.00. The molecule has 1 saturated carbocycles. The van der Waals surface area contributed by atoms with Crippen molar-refractivity contribution in [3.05, 3.63) is 0 Å². The molecular formula is C10H16ClNO3S. The lowest BCUT2D eigenvalue weighted by molar-refractivity contribution is -0.131. The second kappa shape index (κ2) is 4.53. The molecule has 0 N–H and O–H groups in total. The standard InChI is InChI=1S/C10H16ClNO3S/c11-7-10(13)12-5-6-16(14,15)9-4-2-1-3-8(9)12/h8-9H,1-7H2. The lowest BCUT2D eigenvalue weighted by Crippen LogP contribution is -2.58. The van der Waals surface area contributed by atoms with E-state index >= 15 is 0 Å². The lowest BCUT2D eigenvalue weighted by Gasteiger charge is -2.43. The molecule has 0 aromatic carbocycles. The van der Waals surface area contributed by atoms with Crippen LogP contribution < -0.4 is 0 Å². The van der Waals surface area contributed by atoms with Gasteiger partial charge in [0, 0.05) is 12.6 Å². The zero-order valence-corrected chi connectivity index (χ0v) is 10.6. The van der Waals surface area contributed by atoms with E-state index in [-0.39, 0.29) is 28.8 Å². The van der Waals surface area contributed by atoms with Gasteiger partial charge in [-0.15, -0.1) is 11.6 Å². The lowest BCUT2D eigenvalue weighted by atomic mass is 9.93. The molecule has 16 heavy (non-hydrogen) atoms. The highest BCUT2D eigenvalue weighted by Crippen LogP contribution is 2.32. The Kier molecular flexibility index (Phi) is 3.45. The van der Waals surface area contributed by atoms with Gasteiger partial charge >= 0.3 is 0 Å². The van der Waals surface area contributed by atoms with Crippen molar-refractivity contribution in [1.82, 2.24) is 4.90 Å². The molecule has 1 amide bonds. The first-order chi connectivity index (χ1) is 7.56. The maximum absolute atomic E-state index is 11.9. The molecule has 0 bridgehead atoms. The van der Waals surface area contributed by atoms with E-state index in [4.69, 9.17) is 11.6 Å². The van der Waals surface area contributed by atoms with Crippen molar-refractivity contribution in [2.75, 3.05) is 18.2 Å². The molecule has 0 aromatic rings. The van der Waals surface area contributed by atoms with Crippen LogP contribution in [0, 0.1) is 0 Å². The van der Waals surface area contributed by atoms with Gasteiger partial charge < -0.3 is 4.90 Å². The number of nitrogens with zero attached hydrogens (tertiary/aromatic N) is 1. The fourth-order valence-electron chi connectivity index (χ4n) is 2.78. The van der Waals surface area contributed by atoms with Crippen molar-refractivity contribution >= 4 is 27.3 Å². The molecule has 1 aliphatic carbocycles. The van der Waals surface area contributed by atoms with E-state index in [1.807, 2.05) is 0 Å². The van der Waals surface area contributed by atoms with E-state index < -0.39 is 9.84 Å². The number of hydrogen-bond acceptors (Lipinski definition) is 3. The maximum atomic E-state index is 11.9. The molecule has 2 fully saturated rings. The van der Waals surface area contributed by atoms with E-state index in [0.717, 1.165) is 19.3 Å². The fraction of sp³-hybridized carbons (Fsp3) is 0.900. The van der Waals surface area contributed by atoms with Crippen LogP contribution in [0.4, 0.5) is 0 Å². The topological polar surface area (TPSA) is 54.5 Å². The molecule has 1 heterocycles. The van der Waals surface area contributed by atoms with Gasteiger partial charge in [-0.2, -0.15) is 0 Å². The van der Waals surface area contributed by atoms with Crippen LogP contribution in [0.3, 0.4) is 0 Å². The van der Waals surface area contributed by atoms with Crippen molar-refractivity contribution in [3.63, 3.8) is 0 Å². The third kappa shape index (κ3) is 2.07. The van der Waals surface area contributed by atoms with Gasteiger partial charge in [-0.3, -0.25) is 4.79 Å². The van der Waals surface area contributed by atoms with Gasteiger partial charge in [-0.1, -0.05) is 12.8 Å². The summed E-state index contributed by atoms with van der Waals surface area (Å²) in [7, 11) is -3.00. The van der Waals surface area contributed by atoms with Crippen LogP contribution in [0.25, 0.3) is 0 Å². The van der Waals surface area contributed by atoms with E-state index in [0.29, 0.717) is 13.0 Å². The predicted molar refractivity (Wildman–Crippen MR) is 62.3 cm³/mol. The Hall–Kier alpha value is -0.290. The molecule has 2 rings (SSSR count). The molecule has 2 aliphatic rings. The summed E-state index contributed by atoms with van der Waals surface area (Å²) in [4.78, 5) is 13.3. The van der Waals surface area contributed by atoms with Crippen molar-refractivity contribution in [2.24, 2.45) is 0 Å². The van der Waals surface area contributed by atoms with Crippen LogP contribution in [-0.2, 0) is 14.6 Å². The van der Waals surface area contributed by atoms with Crippen LogP contribution in [0.15, 0.2) is 0 Å². The molecule has 2 unspecified atom stereocenters. The molecule has 0 aromatic heterocycles. The van der Waals surface area contributed by atoms with Crippen LogP contribution in [0.1, 0.15) is 25.7 Å². The summed E-state index contributed by atoms with van der Waals surface area (Å²) in [5.41, 5.74) is 0. The highest BCUT2D eigenvalue weighted by molar-refractivity contribution is 7.92. The average Bonchev–Trinajstić information content (AvgIpc) is 2.28. The zero-order valence-electron chi connectivity index (χ0n) is 9.06. The predicted octanol–water partition coefficient (Wildman–Crippen LogP) is 0.793. The first kappa shape index (κ1) is 12.2. The quantitative estimate of drug-likeness (QED) is 0.659. The van der Waals surface area contributed by atoms with Gasteiger partial charge in [0.1, 0.15) is 5.88 Å². The summed E-state index contributed by atoms with van der Waals surface area (Å²) in [6, 6.07) is -0.126. The van der Waals surface area contributed by atoms with Crippen LogP contribution in [0.2, 0.25) is 0 Å². The molecule has 4 nitrogen and oxygen atoms in total. The Labute approximate surface area is 101 Å². The number of sulfone groups is 1. The van der Waals surface area contributed by atoms with Crippen molar-refractivity contribution < 1.29 is 13.2 Å². The van der Waals surface area contributed by atoms with Gasteiger partial charge in [-0.05, 0) is 12.8 Å². The normalized spacial score (nSPS) is 33.2. The van der Waals surface area contributed by atoms with Crippen LogP contribution in [-0.4, -0.2) is 48.7 Å².